The molecule has 2 aromatic carbocycles. The van der Waals surface area contributed by atoms with Crippen LogP contribution in [0.2, 0.25) is 0 Å². The van der Waals surface area contributed by atoms with Gasteiger partial charge in [0.05, 0.1) is 6.10 Å². The Balaban J connectivity index is 2.46. The molecule has 0 saturated heterocycles. The summed E-state index contributed by atoms with van der Waals surface area (Å²) in [7, 11) is 2.03. The van der Waals surface area contributed by atoms with Crippen molar-refractivity contribution in [2.24, 2.45) is 0 Å². The molecule has 0 spiro atoms. The minimum Gasteiger partial charge on any atom is -0.389 e. The smallest absolute Gasteiger partial charge is 0.0782 e. The molecule has 0 aliphatic heterocycles. The van der Waals surface area contributed by atoms with E-state index in [-0.39, 0.29) is 0 Å². The van der Waals surface area contributed by atoms with Gasteiger partial charge in [-0.05, 0) is 31.5 Å². The zero-order valence-electron chi connectivity index (χ0n) is 11.1. The van der Waals surface area contributed by atoms with E-state index in [1.165, 1.54) is 5.56 Å². The summed E-state index contributed by atoms with van der Waals surface area (Å²) in [6.45, 7) is 3.89. The molecule has 1 atom stereocenters. The molecule has 2 rings (SSSR count). The molecule has 2 nitrogen and oxygen atoms in total. The molecule has 0 bridgehead atoms. The zero-order chi connectivity index (χ0) is 13.1. The van der Waals surface area contributed by atoms with Gasteiger partial charge in [0.15, 0.2) is 0 Å². The Labute approximate surface area is 109 Å². The van der Waals surface area contributed by atoms with E-state index in [1.807, 2.05) is 43.4 Å². The number of aliphatic hydroxyl groups is 1. The quantitative estimate of drug-likeness (QED) is 0.883. The average Bonchev–Trinajstić information content (AvgIpc) is 2.38. The maximum atomic E-state index is 9.84. The van der Waals surface area contributed by atoms with Crippen LogP contribution in [0, 0.1) is 6.92 Å². The third-order valence-corrected chi connectivity index (χ3v) is 3.23. The fourth-order valence-corrected chi connectivity index (χ4v) is 2.22. The molecule has 0 heterocycles. The summed E-state index contributed by atoms with van der Waals surface area (Å²) >= 11 is 0. The fourth-order valence-electron chi connectivity index (χ4n) is 2.22. The summed E-state index contributed by atoms with van der Waals surface area (Å²) in [6, 6.07) is 16.2. The molecule has 94 valence electrons. The van der Waals surface area contributed by atoms with Crippen molar-refractivity contribution in [1.29, 1.82) is 0 Å². The Kier molecular flexibility index (Phi) is 3.68. The molecule has 18 heavy (non-hydrogen) atoms. The number of benzene rings is 2. The number of hydrogen-bond acceptors (Lipinski definition) is 2. The lowest BCUT2D eigenvalue weighted by Crippen LogP contribution is -2.13. The predicted octanol–water partition coefficient (Wildman–Crippen LogP) is 3.82. The topological polar surface area (TPSA) is 23.5 Å². The molecule has 0 unspecified atom stereocenters. The molecule has 0 fully saturated rings. The van der Waals surface area contributed by atoms with Gasteiger partial charge in [-0.25, -0.2) is 0 Å². The van der Waals surface area contributed by atoms with Gasteiger partial charge in [-0.2, -0.15) is 0 Å². The second-order valence-corrected chi connectivity index (χ2v) is 4.58. The predicted molar refractivity (Wildman–Crippen MR) is 76.3 cm³/mol. The van der Waals surface area contributed by atoms with E-state index >= 15 is 0 Å². The lowest BCUT2D eigenvalue weighted by molar-refractivity contribution is 0.200. The Bertz CT molecular complexity index is 534. The van der Waals surface area contributed by atoms with Crippen LogP contribution in [0.3, 0.4) is 0 Å². The SMILES string of the molecule is Cc1ccccc1N(C)c1ccccc1[C@H](C)O. The summed E-state index contributed by atoms with van der Waals surface area (Å²) < 4.78 is 0. The van der Waals surface area contributed by atoms with Crippen molar-refractivity contribution in [3.8, 4) is 0 Å². The van der Waals surface area contributed by atoms with E-state index < -0.39 is 6.10 Å². The molecule has 1 N–H and O–H groups in total. The van der Waals surface area contributed by atoms with Gasteiger partial charge in [0.25, 0.3) is 0 Å². The number of hydrogen-bond donors (Lipinski definition) is 1. The maximum Gasteiger partial charge on any atom is 0.0782 e. The highest BCUT2D eigenvalue weighted by Crippen LogP contribution is 2.31. The van der Waals surface area contributed by atoms with Gasteiger partial charge in [-0.3, -0.25) is 0 Å². The molecular weight excluding hydrogens is 222 g/mol. The summed E-state index contributed by atoms with van der Waals surface area (Å²) in [5.41, 5.74) is 4.37. The highest BCUT2D eigenvalue weighted by atomic mass is 16.3. The summed E-state index contributed by atoms with van der Waals surface area (Å²) in [5, 5.41) is 9.84. The average molecular weight is 241 g/mol. The Morgan fingerprint density at radius 2 is 1.50 bits per heavy atom. The number of para-hydroxylation sites is 2. The van der Waals surface area contributed by atoms with Crippen molar-refractivity contribution in [3.63, 3.8) is 0 Å². The third-order valence-electron chi connectivity index (χ3n) is 3.23. The van der Waals surface area contributed by atoms with Gasteiger partial charge in [-0.15, -0.1) is 0 Å². The number of aliphatic hydroxyl groups excluding tert-OH is 1. The first-order valence-electron chi connectivity index (χ1n) is 6.17. The first-order valence-corrected chi connectivity index (χ1v) is 6.17. The number of nitrogens with zero attached hydrogens (tertiary/aromatic N) is 1. The zero-order valence-corrected chi connectivity index (χ0v) is 11.1. The minimum atomic E-state index is -0.465. The van der Waals surface area contributed by atoms with Crippen LogP contribution in [0.4, 0.5) is 11.4 Å². The Morgan fingerprint density at radius 3 is 2.11 bits per heavy atom. The number of anilines is 2. The highest BCUT2D eigenvalue weighted by molar-refractivity contribution is 5.68. The Hall–Kier alpha value is -1.80. The van der Waals surface area contributed by atoms with Crippen molar-refractivity contribution in [1.82, 2.24) is 0 Å². The van der Waals surface area contributed by atoms with Gasteiger partial charge < -0.3 is 10.0 Å². The Morgan fingerprint density at radius 1 is 0.944 bits per heavy atom. The van der Waals surface area contributed by atoms with Gasteiger partial charge in [0.2, 0.25) is 0 Å². The molecule has 0 aliphatic carbocycles. The van der Waals surface area contributed by atoms with Crippen LogP contribution in [0.25, 0.3) is 0 Å². The van der Waals surface area contributed by atoms with Crippen LogP contribution in [-0.2, 0) is 0 Å². The van der Waals surface area contributed by atoms with Crippen molar-refractivity contribution in [3.05, 3.63) is 59.7 Å². The number of aryl methyl sites for hydroxylation is 1. The fraction of sp³-hybridized carbons (Fsp3) is 0.250. The van der Waals surface area contributed by atoms with Gasteiger partial charge in [-0.1, -0.05) is 36.4 Å². The van der Waals surface area contributed by atoms with Crippen LogP contribution in [0.1, 0.15) is 24.2 Å². The van der Waals surface area contributed by atoms with Gasteiger partial charge >= 0.3 is 0 Å². The highest BCUT2D eigenvalue weighted by Gasteiger charge is 2.13. The molecular formula is C16H19NO. The molecule has 0 aliphatic rings. The van der Waals surface area contributed by atoms with Crippen LogP contribution < -0.4 is 4.90 Å². The van der Waals surface area contributed by atoms with Gasteiger partial charge in [0, 0.05) is 24.0 Å². The van der Waals surface area contributed by atoms with Crippen molar-refractivity contribution in [2.45, 2.75) is 20.0 Å². The first-order chi connectivity index (χ1) is 8.61. The summed E-state index contributed by atoms with van der Waals surface area (Å²) in [5.74, 6) is 0. The van der Waals surface area contributed by atoms with Crippen LogP contribution >= 0.6 is 0 Å². The van der Waals surface area contributed by atoms with E-state index in [4.69, 9.17) is 0 Å². The van der Waals surface area contributed by atoms with E-state index in [0.717, 1.165) is 16.9 Å². The third kappa shape index (κ3) is 2.39. The van der Waals surface area contributed by atoms with Gasteiger partial charge in [0.1, 0.15) is 0 Å². The van der Waals surface area contributed by atoms with E-state index in [1.54, 1.807) is 6.92 Å². The number of rotatable bonds is 3. The normalized spacial score (nSPS) is 12.2. The second-order valence-electron chi connectivity index (χ2n) is 4.58. The lowest BCUT2D eigenvalue weighted by Gasteiger charge is -2.25. The second kappa shape index (κ2) is 5.23. The van der Waals surface area contributed by atoms with Crippen LogP contribution in [-0.4, -0.2) is 12.2 Å². The van der Waals surface area contributed by atoms with Crippen molar-refractivity contribution >= 4 is 11.4 Å². The standard InChI is InChI=1S/C16H19NO/c1-12-8-4-6-10-15(12)17(3)16-11-7-5-9-14(16)13(2)18/h4-11,13,18H,1-3H3/t13-/m0/s1. The van der Waals surface area contributed by atoms with Crippen LogP contribution in [0.5, 0.6) is 0 Å². The molecule has 0 radical (unpaired) electrons. The monoisotopic (exact) mass is 241 g/mol. The van der Waals surface area contributed by atoms with E-state index in [9.17, 15) is 5.11 Å². The largest absolute Gasteiger partial charge is 0.389 e. The maximum absolute atomic E-state index is 9.84. The summed E-state index contributed by atoms with van der Waals surface area (Å²) in [6.07, 6.45) is -0.465. The summed E-state index contributed by atoms with van der Waals surface area (Å²) in [4.78, 5) is 2.12. The molecule has 0 saturated carbocycles. The van der Waals surface area contributed by atoms with Crippen molar-refractivity contribution < 1.29 is 5.11 Å². The van der Waals surface area contributed by atoms with E-state index in [2.05, 4.69) is 24.0 Å². The molecule has 0 amide bonds. The van der Waals surface area contributed by atoms with Crippen LogP contribution in [0.15, 0.2) is 48.5 Å². The van der Waals surface area contributed by atoms with Crippen molar-refractivity contribution in [2.75, 3.05) is 11.9 Å². The van der Waals surface area contributed by atoms with E-state index in [0.29, 0.717) is 0 Å². The first kappa shape index (κ1) is 12.7. The minimum absolute atomic E-state index is 0.465. The molecule has 2 aromatic rings. The lowest BCUT2D eigenvalue weighted by atomic mass is 10.1. The molecule has 2 heteroatoms. The molecule has 0 aromatic heterocycles.